The van der Waals surface area contributed by atoms with Gasteiger partial charge in [-0.2, -0.15) is 5.10 Å². The first-order valence-electron chi connectivity index (χ1n) is 10.7. The lowest BCUT2D eigenvalue weighted by Gasteiger charge is -2.08. The zero-order chi connectivity index (χ0) is 22.2. The van der Waals surface area contributed by atoms with E-state index in [1.54, 1.807) is 12.1 Å². The van der Waals surface area contributed by atoms with E-state index in [0.29, 0.717) is 29.8 Å². The van der Waals surface area contributed by atoms with E-state index in [1.165, 1.54) is 5.56 Å². The van der Waals surface area contributed by atoms with Gasteiger partial charge in [-0.1, -0.05) is 60.7 Å². The average molecular weight is 422 g/mol. The molecule has 5 heteroatoms. The number of nitrogens with zero attached hydrogens (tertiary/aromatic N) is 2. The van der Waals surface area contributed by atoms with Crippen LogP contribution in [0.1, 0.15) is 48.8 Å². The van der Waals surface area contributed by atoms with Gasteiger partial charge >= 0.3 is 0 Å². The molecule has 0 saturated carbocycles. The number of carbonyl (C=O) groups excluding carboxylic acids is 2. The van der Waals surface area contributed by atoms with E-state index in [2.05, 4.69) is 22.5 Å². The molecule has 1 heterocycles. The highest BCUT2D eigenvalue weighted by atomic mass is 16.1. The van der Waals surface area contributed by atoms with Crippen LogP contribution in [-0.2, 0) is 13.1 Å². The van der Waals surface area contributed by atoms with Crippen molar-refractivity contribution in [2.75, 3.05) is 0 Å². The summed E-state index contributed by atoms with van der Waals surface area (Å²) in [5, 5.41) is 7.65. The lowest BCUT2D eigenvalue weighted by atomic mass is 10.0. The lowest BCUT2D eigenvalue weighted by Crippen LogP contribution is -2.23. The summed E-state index contributed by atoms with van der Waals surface area (Å²) in [4.78, 5) is 25.6. The van der Waals surface area contributed by atoms with E-state index in [9.17, 15) is 9.59 Å². The third kappa shape index (κ3) is 3.42. The molecule has 4 aromatic rings. The first kappa shape index (κ1) is 19.9. The number of amides is 1. The predicted molar refractivity (Wildman–Crippen MR) is 124 cm³/mol. The zero-order valence-corrected chi connectivity index (χ0v) is 18.1. The minimum atomic E-state index is -0.203. The molecule has 0 atom stereocenters. The highest BCUT2D eigenvalue weighted by Gasteiger charge is 2.27. The van der Waals surface area contributed by atoms with Crippen molar-refractivity contribution in [2.45, 2.75) is 26.9 Å². The van der Waals surface area contributed by atoms with E-state index >= 15 is 0 Å². The number of aromatic nitrogens is 2. The summed E-state index contributed by atoms with van der Waals surface area (Å²) in [7, 11) is 0. The van der Waals surface area contributed by atoms with Gasteiger partial charge in [-0.25, -0.2) is 0 Å². The molecule has 3 aromatic carbocycles. The minimum absolute atomic E-state index is 0.0286. The van der Waals surface area contributed by atoms with Crippen LogP contribution in [0.15, 0.2) is 72.8 Å². The summed E-state index contributed by atoms with van der Waals surface area (Å²) < 4.78 is 1.97. The highest BCUT2D eigenvalue weighted by Crippen LogP contribution is 2.36. The van der Waals surface area contributed by atoms with Crippen LogP contribution >= 0.6 is 0 Å². The van der Waals surface area contributed by atoms with Crippen LogP contribution in [0.5, 0.6) is 0 Å². The minimum Gasteiger partial charge on any atom is -0.348 e. The van der Waals surface area contributed by atoms with E-state index in [0.717, 1.165) is 28.1 Å². The summed E-state index contributed by atoms with van der Waals surface area (Å²) in [6.45, 7) is 5.06. The number of hydrogen-bond donors (Lipinski definition) is 1. The van der Waals surface area contributed by atoms with Crippen molar-refractivity contribution in [3.63, 3.8) is 0 Å². The Morgan fingerprint density at radius 1 is 0.875 bits per heavy atom. The molecule has 1 N–H and O–H groups in total. The quantitative estimate of drug-likeness (QED) is 0.448. The number of rotatable bonds is 5. The Hall–Kier alpha value is -3.99. The molecule has 0 fully saturated rings. The number of hydrogen-bond acceptors (Lipinski definition) is 3. The number of aryl methyl sites for hydroxylation is 1. The smallest absolute Gasteiger partial charge is 0.251 e. The molecule has 5 rings (SSSR count). The molecule has 32 heavy (non-hydrogen) atoms. The van der Waals surface area contributed by atoms with Gasteiger partial charge in [0.25, 0.3) is 5.91 Å². The van der Waals surface area contributed by atoms with Crippen LogP contribution < -0.4 is 5.32 Å². The molecule has 5 nitrogen and oxygen atoms in total. The second kappa shape index (κ2) is 7.93. The average Bonchev–Trinajstić information content (AvgIpc) is 3.25. The summed E-state index contributed by atoms with van der Waals surface area (Å²) in [5.41, 5.74) is 7.70. The van der Waals surface area contributed by atoms with Crippen LogP contribution in [0, 0.1) is 13.8 Å². The number of carbonyl (C=O) groups is 2. The molecule has 0 bridgehead atoms. The maximum Gasteiger partial charge on any atom is 0.251 e. The van der Waals surface area contributed by atoms with Crippen molar-refractivity contribution in [3.05, 3.63) is 112 Å². The molecule has 0 unspecified atom stereocenters. The van der Waals surface area contributed by atoms with Crippen molar-refractivity contribution >= 4 is 11.7 Å². The SMILES string of the molecule is Cc1nn(Cc2ccccc2)c(C)c1CNC(=O)c1ccc2c(c1)C(=O)c1ccccc1-2. The normalized spacial score (nSPS) is 11.9. The standard InChI is InChI=1S/C27H23N3O2/c1-17-25(18(2)30(29-17)16-19-8-4-3-5-9-19)15-28-27(32)20-12-13-22-21-10-6-7-11-23(21)26(31)24(22)14-20/h3-14H,15-16H2,1-2H3,(H,28,32). The fourth-order valence-electron chi connectivity index (χ4n) is 4.34. The Balaban J connectivity index is 1.32. The van der Waals surface area contributed by atoms with Gasteiger partial charge in [0, 0.05) is 34.5 Å². The molecular weight excluding hydrogens is 398 g/mol. The van der Waals surface area contributed by atoms with E-state index in [4.69, 9.17) is 0 Å². The van der Waals surface area contributed by atoms with Gasteiger partial charge in [0.2, 0.25) is 0 Å². The highest BCUT2D eigenvalue weighted by molar-refractivity contribution is 6.22. The Kier molecular flexibility index (Phi) is 4.94. The van der Waals surface area contributed by atoms with Crippen molar-refractivity contribution in [1.82, 2.24) is 15.1 Å². The van der Waals surface area contributed by atoms with Crippen LogP contribution in [0.2, 0.25) is 0 Å². The summed E-state index contributed by atoms with van der Waals surface area (Å²) >= 11 is 0. The van der Waals surface area contributed by atoms with E-state index < -0.39 is 0 Å². The van der Waals surface area contributed by atoms with Gasteiger partial charge in [-0.15, -0.1) is 0 Å². The van der Waals surface area contributed by atoms with Gasteiger partial charge in [-0.05, 0) is 42.7 Å². The molecule has 1 aliphatic rings. The van der Waals surface area contributed by atoms with Gasteiger partial charge < -0.3 is 5.32 Å². The van der Waals surface area contributed by atoms with E-state index in [1.807, 2.05) is 67.1 Å². The van der Waals surface area contributed by atoms with Crippen molar-refractivity contribution in [3.8, 4) is 11.1 Å². The van der Waals surface area contributed by atoms with Crippen LogP contribution in [-0.4, -0.2) is 21.5 Å². The second-order valence-corrected chi connectivity index (χ2v) is 8.11. The predicted octanol–water partition coefficient (Wildman–Crippen LogP) is 4.69. The fourth-order valence-corrected chi connectivity index (χ4v) is 4.34. The maximum atomic E-state index is 12.9. The number of fused-ring (bicyclic) bond motifs is 3. The van der Waals surface area contributed by atoms with Crippen molar-refractivity contribution < 1.29 is 9.59 Å². The van der Waals surface area contributed by atoms with E-state index in [-0.39, 0.29) is 11.7 Å². The molecule has 0 aliphatic heterocycles. The number of nitrogens with one attached hydrogen (secondary N) is 1. The Labute approximate surface area is 186 Å². The Bertz CT molecular complexity index is 1350. The maximum absolute atomic E-state index is 12.9. The molecule has 1 aliphatic carbocycles. The van der Waals surface area contributed by atoms with Crippen LogP contribution in [0.25, 0.3) is 11.1 Å². The van der Waals surface area contributed by atoms with Gasteiger partial charge in [0.1, 0.15) is 0 Å². The first-order chi connectivity index (χ1) is 15.5. The Morgan fingerprint density at radius 2 is 1.56 bits per heavy atom. The van der Waals surface area contributed by atoms with Crippen LogP contribution in [0.3, 0.4) is 0 Å². The summed E-state index contributed by atoms with van der Waals surface area (Å²) in [6.07, 6.45) is 0. The molecule has 0 saturated heterocycles. The molecule has 0 radical (unpaired) electrons. The topological polar surface area (TPSA) is 64.0 Å². The Morgan fingerprint density at radius 3 is 2.34 bits per heavy atom. The second-order valence-electron chi connectivity index (χ2n) is 8.11. The van der Waals surface area contributed by atoms with Gasteiger partial charge in [0.15, 0.2) is 5.78 Å². The molecule has 1 aromatic heterocycles. The third-order valence-corrected chi connectivity index (χ3v) is 6.12. The van der Waals surface area contributed by atoms with Crippen molar-refractivity contribution in [1.29, 1.82) is 0 Å². The van der Waals surface area contributed by atoms with Crippen molar-refractivity contribution in [2.24, 2.45) is 0 Å². The summed E-state index contributed by atoms with van der Waals surface area (Å²) in [5.74, 6) is -0.231. The molecule has 158 valence electrons. The van der Waals surface area contributed by atoms with Gasteiger partial charge in [0.05, 0.1) is 12.2 Å². The third-order valence-electron chi connectivity index (χ3n) is 6.12. The zero-order valence-electron chi connectivity index (χ0n) is 18.1. The number of ketones is 1. The fraction of sp³-hybridized carbons (Fsp3) is 0.148. The van der Waals surface area contributed by atoms with Crippen LogP contribution in [0.4, 0.5) is 0 Å². The molecular formula is C27H23N3O2. The molecule has 1 amide bonds. The van der Waals surface area contributed by atoms with Gasteiger partial charge in [-0.3, -0.25) is 14.3 Å². The lowest BCUT2D eigenvalue weighted by molar-refractivity contribution is 0.0951. The monoisotopic (exact) mass is 421 g/mol. The summed E-state index contributed by atoms with van der Waals surface area (Å²) in [6, 6.07) is 23.1. The first-order valence-corrected chi connectivity index (χ1v) is 10.7. The largest absolute Gasteiger partial charge is 0.348 e. The molecule has 0 spiro atoms. The number of benzene rings is 3.